The minimum atomic E-state index is 0.991. The van der Waals surface area contributed by atoms with Crippen molar-refractivity contribution in [1.29, 1.82) is 0 Å². The van der Waals surface area contributed by atoms with Crippen LogP contribution in [0.4, 0.5) is 0 Å². The molecule has 4 aromatic heterocycles. The Morgan fingerprint density at radius 1 is 0.792 bits per heavy atom. The summed E-state index contributed by atoms with van der Waals surface area (Å²) in [5, 5.41) is 6.15. The van der Waals surface area contributed by atoms with Crippen LogP contribution in [0, 0.1) is 0 Å². The van der Waals surface area contributed by atoms with Gasteiger partial charge >= 0.3 is 0 Å². The van der Waals surface area contributed by atoms with Gasteiger partial charge < -0.3 is 0 Å². The van der Waals surface area contributed by atoms with Gasteiger partial charge in [-0.3, -0.25) is 9.38 Å². The van der Waals surface area contributed by atoms with Crippen LogP contribution in [-0.2, 0) is 0 Å². The molecule has 0 atom stereocenters. The predicted molar refractivity (Wildman–Crippen MR) is 101 cm³/mol. The largest absolute Gasteiger partial charge is 0.298 e. The molecule has 3 nitrogen and oxygen atoms in total. The van der Waals surface area contributed by atoms with E-state index in [0.29, 0.717) is 0 Å². The van der Waals surface area contributed by atoms with Crippen molar-refractivity contribution < 1.29 is 0 Å². The lowest BCUT2D eigenvalue weighted by atomic mass is 10.1. The number of nitrogens with zero attached hydrogens (tertiary/aromatic N) is 3. The first-order valence-corrected chi connectivity index (χ1v) is 8.66. The van der Waals surface area contributed by atoms with Gasteiger partial charge in [0.2, 0.25) is 0 Å². The van der Waals surface area contributed by atoms with Gasteiger partial charge in [0, 0.05) is 56.4 Å². The minimum Gasteiger partial charge on any atom is -0.298 e. The maximum Gasteiger partial charge on any atom is 0.145 e. The smallest absolute Gasteiger partial charge is 0.145 e. The number of pyridine rings is 2. The fourth-order valence-corrected chi connectivity index (χ4v) is 4.97. The van der Waals surface area contributed by atoms with E-state index in [9.17, 15) is 0 Å². The Morgan fingerprint density at radius 2 is 1.71 bits per heavy atom. The van der Waals surface area contributed by atoms with Crippen LogP contribution in [0.3, 0.4) is 0 Å². The van der Waals surface area contributed by atoms with Crippen molar-refractivity contribution in [3.63, 3.8) is 0 Å². The molecular formula is C20H11N3S. The molecule has 24 heavy (non-hydrogen) atoms. The lowest BCUT2D eigenvalue weighted by Crippen LogP contribution is -1.91. The zero-order valence-corrected chi connectivity index (χ0v) is 13.4. The van der Waals surface area contributed by atoms with Gasteiger partial charge in [0.1, 0.15) is 5.65 Å². The van der Waals surface area contributed by atoms with Crippen molar-refractivity contribution in [1.82, 2.24) is 14.4 Å². The summed E-state index contributed by atoms with van der Waals surface area (Å²) in [6.45, 7) is 0. The maximum atomic E-state index is 4.60. The second-order valence-electron chi connectivity index (χ2n) is 5.98. The maximum absolute atomic E-state index is 4.60. The highest BCUT2D eigenvalue weighted by Gasteiger charge is 2.14. The first-order valence-electron chi connectivity index (χ1n) is 7.84. The van der Waals surface area contributed by atoms with E-state index >= 15 is 0 Å². The molecule has 0 N–H and O–H groups in total. The van der Waals surface area contributed by atoms with Gasteiger partial charge in [-0.1, -0.05) is 30.3 Å². The molecule has 4 heterocycles. The summed E-state index contributed by atoms with van der Waals surface area (Å²) in [7, 11) is 0. The number of rotatable bonds is 0. The molecule has 0 saturated carbocycles. The molecule has 4 heteroatoms. The fourth-order valence-electron chi connectivity index (χ4n) is 3.72. The summed E-state index contributed by atoms with van der Waals surface area (Å²) >= 11 is 1.85. The van der Waals surface area contributed by atoms with Crippen molar-refractivity contribution in [3.05, 3.63) is 67.3 Å². The molecule has 0 aliphatic heterocycles. The Bertz CT molecular complexity index is 1410. The molecule has 6 rings (SSSR count). The Hall–Kier alpha value is -2.98. The normalized spacial score (nSPS) is 12.2. The summed E-state index contributed by atoms with van der Waals surface area (Å²) < 4.78 is 4.84. The van der Waals surface area contributed by atoms with E-state index in [1.54, 1.807) is 0 Å². The predicted octanol–water partition coefficient (Wildman–Crippen LogP) is 5.40. The molecule has 0 aliphatic rings. The highest BCUT2D eigenvalue weighted by Crippen LogP contribution is 2.40. The molecule has 0 unspecified atom stereocenters. The lowest BCUT2D eigenvalue weighted by Gasteiger charge is -2.08. The summed E-state index contributed by atoms with van der Waals surface area (Å²) in [6, 6.07) is 15.1. The highest BCUT2D eigenvalue weighted by molar-refractivity contribution is 7.26. The fraction of sp³-hybridized carbons (Fsp3) is 0. The van der Waals surface area contributed by atoms with Gasteiger partial charge in [0.15, 0.2) is 0 Å². The average Bonchev–Trinajstić information content (AvgIpc) is 3.26. The number of imidazole rings is 1. The van der Waals surface area contributed by atoms with Crippen LogP contribution < -0.4 is 0 Å². The monoisotopic (exact) mass is 325 g/mol. The zero-order valence-electron chi connectivity index (χ0n) is 12.6. The summed E-state index contributed by atoms with van der Waals surface area (Å²) in [5.74, 6) is 0. The molecule has 112 valence electrons. The van der Waals surface area contributed by atoms with Gasteiger partial charge in [0.05, 0.1) is 10.2 Å². The van der Waals surface area contributed by atoms with Gasteiger partial charge in [-0.2, -0.15) is 0 Å². The molecule has 0 radical (unpaired) electrons. The zero-order chi connectivity index (χ0) is 15.7. The van der Waals surface area contributed by atoms with Crippen LogP contribution in [-0.4, -0.2) is 14.4 Å². The minimum absolute atomic E-state index is 0.991. The molecule has 2 aromatic carbocycles. The molecule has 6 aromatic rings. The van der Waals surface area contributed by atoms with Crippen LogP contribution in [0.5, 0.6) is 0 Å². The summed E-state index contributed by atoms with van der Waals surface area (Å²) in [5.41, 5.74) is 2.21. The van der Waals surface area contributed by atoms with Gasteiger partial charge in [-0.15, -0.1) is 11.3 Å². The van der Waals surface area contributed by atoms with E-state index < -0.39 is 0 Å². The topological polar surface area (TPSA) is 30.2 Å². The van der Waals surface area contributed by atoms with Gasteiger partial charge in [-0.05, 0) is 12.1 Å². The SMILES string of the molecule is c1ccc2c(c1)sc1c2ccc2c3cnccc3c3nccn3c21. The highest BCUT2D eigenvalue weighted by atomic mass is 32.1. The second-order valence-corrected chi connectivity index (χ2v) is 7.03. The number of hydrogen-bond acceptors (Lipinski definition) is 3. The van der Waals surface area contributed by atoms with Crippen molar-refractivity contribution in [2.24, 2.45) is 0 Å². The van der Waals surface area contributed by atoms with Crippen molar-refractivity contribution in [2.75, 3.05) is 0 Å². The first kappa shape index (κ1) is 12.4. The van der Waals surface area contributed by atoms with Crippen LogP contribution >= 0.6 is 11.3 Å². The number of thiophene rings is 1. The molecule has 0 bridgehead atoms. The van der Waals surface area contributed by atoms with Crippen molar-refractivity contribution in [2.45, 2.75) is 0 Å². The third-order valence-corrected chi connectivity index (χ3v) is 5.95. The Kier molecular flexibility index (Phi) is 2.23. The van der Waals surface area contributed by atoms with E-state index in [4.69, 9.17) is 0 Å². The molecule has 0 amide bonds. The van der Waals surface area contributed by atoms with Crippen LogP contribution in [0.15, 0.2) is 67.3 Å². The Labute approximate surface area is 140 Å². The lowest BCUT2D eigenvalue weighted by molar-refractivity contribution is 1.28. The van der Waals surface area contributed by atoms with Gasteiger partial charge in [0.25, 0.3) is 0 Å². The summed E-state index contributed by atoms with van der Waals surface area (Å²) in [4.78, 5) is 8.94. The average molecular weight is 325 g/mol. The molecule has 0 spiro atoms. The number of hydrogen-bond donors (Lipinski definition) is 0. The van der Waals surface area contributed by atoms with Crippen LogP contribution in [0.25, 0.3) is 47.5 Å². The van der Waals surface area contributed by atoms with Crippen molar-refractivity contribution >= 4 is 58.8 Å². The van der Waals surface area contributed by atoms with E-state index in [2.05, 4.69) is 57.0 Å². The van der Waals surface area contributed by atoms with E-state index in [1.165, 1.54) is 31.1 Å². The van der Waals surface area contributed by atoms with E-state index in [1.807, 2.05) is 36.0 Å². The standard InChI is InChI=1S/C20H11N3S/c1-2-4-17-12(3-1)14-6-5-13-16-11-21-8-7-15(16)20-22-9-10-23(20)18(13)19(14)24-17/h1-11H. The molecule has 0 saturated heterocycles. The third-order valence-electron chi connectivity index (χ3n) is 4.75. The quantitative estimate of drug-likeness (QED) is 0.350. The molecular weight excluding hydrogens is 314 g/mol. The molecule has 0 fully saturated rings. The van der Waals surface area contributed by atoms with E-state index in [0.717, 1.165) is 16.4 Å². The van der Waals surface area contributed by atoms with E-state index in [-0.39, 0.29) is 0 Å². The molecule has 0 aliphatic carbocycles. The van der Waals surface area contributed by atoms with Crippen molar-refractivity contribution in [3.8, 4) is 0 Å². The Morgan fingerprint density at radius 3 is 2.71 bits per heavy atom. The first-order chi connectivity index (χ1) is 11.9. The number of fused-ring (bicyclic) bond motifs is 10. The second kappa shape index (κ2) is 4.30. The van der Waals surface area contributed by atoms with Gasteiger partial charge in [-0.25, -0.2) is 4.98 Å². The van der Waals surface area contributed by atoms with Crippen LogP contribution in [0.1, 0.15) is 0 Å². The number of aromatic nitrogens is 3. The number of benzene rings is 2. The third kappa shape index (κ3) is 1.42. The van der Waals surface area contributed by atoms with Crippen LogP contribution in [0.2, 0.25) is 0 Å². The summed E-state index contributed by atoms with van der Waals surface area (Å²) in [6.07, 6.45) is 7.72. The Balaban J connectivity index is 2.02.